The Kier molecular flexibility index (Phi) is 4.23. The van der Waals surface area contributed by atoms with Gasteiger partial charge in [-0.05, 0) is 41.8 Å². The second-order valence-electron chi connectivity index (χ2n) is 7.65. The van der Waals surface area contributed by atoms with Gasteiger partial charge in [-0.2, -0.15) is 0 Å². The first-order valence-electron chi connectivity index (χ1n) is 9.87. The van der Waals surface area contributed by atoms with Gasteiger partial charge in [-0.15, -0.1) is 0 Å². The predicted octanol–water partition coefficient (Wildman–Crippen LogP) is 3.91. The predicted molar refractivity (Wildman–Crippen MR) is 109 cm³/mol. The monoisotopic (exact) mass is 387 g/mol. The largest absolute Gasteiger partial charge is 0.484 e. The van der Waals surface area contributed by atoms with Crippen LogP contribution in [0.4, 0.5) is 0 Å². The van der Waals surface area contributed by atoms with E-state index < -0.39 is 5.60 Å². The Labute approximate surface area is 168 Å². The van der Waals surface area contributed by atoms with Crippen molar-refractivity contribution in [1.82, 2.24) is 4.90 Å². The average molecular weight is 387 g/mol. The third kappa shape index (κ3) is 3.12. The first-order valence-corrected chi connectivity index (χ1v) is 9.87. The number of likely N-dealkylation sites (tertiary alicyclic amines) is 1. The minimum Gasteiger partial charge on any atom is -0.484 e. The van der Waals surface area contributed by atoms with Crippen molar-refractivity contribution in [2.45, 2.75) is 18.4 Å². The number of hydrogen-bond donors (Lipinski definition) is 0. The highest BCUT2D eigenvalue weighted by Gasteiger charge is 2.48. The molecule has 0 bridgehead atoms. The van der Waals surface area contributed by atoms with Crippen LogP contribution in [-0.2, 0) is 15.1 Å². The summed E-state index contributed by atoms with van der Waals surface area (Å²) in [6, 6.07) is 21.3. The molecule has 0 saturated carbocycles. The summed E-state index contributed by atoms with van der Waals surface area (Å²) in [5.41, 5.74) is 0.761. The van der Waals surface area contributed by atoms with Crippen LogP contribution in [0, 0.1) is 0 Å². The molecule has 1 unspecified atom stereocenters. The first kappa shape index (κ1) is 17.7. The van der Waals surface area contributed by atoms with Crippen molar-refractivity contribution < 1.29 is 19.1 Å². The van der Waals surface area contributed by atoms with E-state index in [1.165, 1.54) is 0 Å². The summed E-state index contributed by atoms with van der Waals surface area (Å²) in [5.74, 6) is 0.265. The van der Waals surface area contributed by atoms with E-state index in [2.05, 4.69) is 0 Å². The lowest BCUT2D eigenvalue weighted by Crippen LogP contribution is -2.50. The number of carbonyl (C=O) groups excluding carboxylic acids is 2. The molecule has 5 heteroatoms. The summed E-state index contributed by atoms with van der Waals surface area (Å²) in [6.07, 6.45) is 1.51. The normalized spacial score (nSPS) is 20.6. The second-order valence-corrected chi connectivity index (χ2v) is 7.65. The quantitative estimate of drug-likeness (QED) is 0.640. The molecule has 5 nitrogen and oxygen atoms in total. The highest BCUT2D eigenvalue weighted by molar-refractivity contribution is 5.95. The number of amides is 1. The van der Waals surface area contributed by atoms with Crippen molar-refractivity contribution in [2.24, 2.45) is 0 Å². The van der Waals surface area contributed by atoms with E-state index >= 15 is 0 Å². The molecule has 5 rings (SSSR count). The lowest BCUT2D eigenvalue weighted by Gasteiger charge is -2.39. The third-order valence-electron chi connectivity index (χ3n) is 5.82. The van der Waals surface area contributed by atoms with Gasteiger partial charge in [0.2, 0.25) is 0 Å². The van der Waals surface area contributed by atoms with E-state index in [0.29, 0.717) is 24.4 Å². The molecule has 1 fully saturated rings. The van der Waals surface area contributed by atoms with Crippen LogP contribution in [0.15, 0.2) is 66.7 Å². The molecular formula is C24H21NO4. The number of benzene rings is 3. The third-order valence-corrected chi connectivity index (χ3v) is 5.82. The lowest BCUT2D eigenvalue weighted by atomic mass is 9.85. The number of esters is 1. The highest BCUT2D eigenvalue weighted by atomic mass is 16.6. The van der Waals surface area contributed by atoms with E-state index in [0.717, 1.165) is 29.2 Å². The number of ether oxygens (including phenoxy) is 2. The summed E-state index contributed by atoms with van der Waals surface area (Å²) in [7, 11) is 0. The van der Waals surface area contributed by atoms with Crippen LogP contribution in [-0.4, -0.2) is 36.5 Å². The van der Waals surface area contributed by atoms with Crippen molar-refractivity contribution in [3.63, 3.8) is 0 Å². The van der Waals surface area contributed by atoms with Gasteiger partial charge in [0.05, 0.1) is 12.1 Å². The molecule has 146 valence electrons. The zero-order valence-corrected chi connectivity index (χ0v) is 16.0. The van der Waals surface area contributed by atoms with E-state index in [1.807, 2.05) is 60.7 Å². The van der Waals surface area contributed by atoms with Crippen LogP contribution in [0.3, 0.4) is 0 Å². The van der Waals surface area contributed by atoms with Crippen LogP contribution in [0.1, 0.15) is 28.8 Å². The fourth-order valence-corrected chi connectivity index (χ4v) is 4.38. The highest BCUT2D eigenvalue weighted by Crippen LogP contribution is 2.42. The lowest BCUT2D eigenvalue weighted by molar-refractivity contribution is -0.140. The molecule has 1 saturated heterocycles. The number of fused-ring (bicyclic) bond motifs is 3. The van der Waals surface area contributed by atoms with Crippen LogP contribution in [0.2, 0.25) is 0 Å². The molecule has 0 radical (unpaired) electrons. The molecule has 29 heavy (non-hydrogen) atoms. The van der Waals surface area contributed by atoms with Crippen molar-refractivity contribution in [2.75, 3.05) is 19.7 Å². The smallest absolute Gasteiger partial charge is 0.339 e. The standard InChI is InChI=1S/C24H21NO4/c26-22(15-28-19-11-10-17-6-1-2-7-18(17)14-19)25-13-5-12-24(16-25)21-9-4-3-8-20(21)23(27)29-24/h1-4,6-11,14H,5,12-13,15-16H2. The van der Waals surface area contributed by atoms with Crippen molar-refractivity contribution in [3.05, 3.63) is 77.9 Å². The molecular weight excluding hydrogens is 366 g/mol. The molecule has 3 aromatic rings. The van der Waals surface area contributed by atoms with Crippen molar-refractivity contribution in [1.29, 1.82) is 0 Å². The average Bonchev–Trinajstić information content (AvgIpc) is 3.03. The SMILES string of the molecule is O=C1OC2(CCCN(C(=O)COc3ccc4ccccc4c3)C2)c2ccccc21. The molecule has 0 aromatic heterocycles. The number of rotatable bonds is 3. The molecule has 2 aliphatic rings. The summed E-state index contributed by atoms with van der Waals surface area (Å²) in [5, 5.41) is 2.20. The molecule has 1 amide bonds. The topological polar surface area (TPSA) is 55.8 Å². The molecule has 3 aromatic carbocycles. The zero-order chi connectivity index (χ0) is 19.8. The fourth-order valence-electron chi connectivity index (χ4n) is 4.38. The Morgan fingerprint density at radius 1 is 1.03 bits per heavy atom. The van der Waals surface area contributed by atoms with Crippen molar-refractivity contribution in [3.8, 4) is 5.75 Å². The van der Waals surface area contributed by atoms with E-state index in [-0.39, 0.29) is 18.5 Å². The maximum atomic E-state index is 12.8. The Bertz CT molecular complexity index is 1110. The second kappa shape index (κ2) is 6.92. The summed E-state index contributed by atoms with van der Waals surface area (Å²) in [6.45, 7) is 0.973. The number of carbonyl (C=O) groups is 2. The van der Waals surface area contributed by atoms with Crippen molar-refractivity contribution >= 4 is 22.6 Å². The fraction of sp³-hybridized carbons (Fsp3) is 0.250. The first-order chi connectivity index (χ1) is 14.1. The van der Waals surface area contributed by atoms with E-state index in [1.54, 1.807) is 11.0 Å². The van der Waals surface area contributed by atoms with Gasteiger partial charge in [0.1, 0.15) is 5.75 Å². The maximum absolute atomic E-state index is 12.8. The zero-order valence-electron chi connectivity index (χ0n) is 16.0. The molecule has 0 N–H and O–H groups in total. The van der Waals surface area contributed by atoms with Gasteiger partial charge in [-0.3, -0.25) is 4.79 Å². The minimum absolute atomic E-state index is 0.0377. The molecule has 0 aliphatic carbocycles. The number of nitrogens with zero attached hydrogens (tertiary/aromatic N) is 1. The van der Waals surface area contributed by atoms with E-state index in [9.17, 15) is 9.59 Å². The Balaban J connectivity index is 1.30. The number of piperidine rings is 1. The summed E-state index contributed by atoms with van der Waals surface area (Å²) >= 11 is 0. The summed E-state index contributed by atoms with van der Waals surface area (Å²) in [4.78, 5) is 26.9. The Morgan fingerprint density at radius 3 is 2.72 bits per heavy atom. The van der Waals surface area contributed by atoms with Gasteiger partial charge in [0, 0.05) is 12.1 Å². The van der Waals surface area contributed by atoms with Crippen LogP contribution in [0.5, 0.6) is 5.75 Å². The van der Waals surface area contributed by atoms with Gasteiger partial charge in [0.25, 0.3) is 5.91 Å². The number of hydrogen-bond acceptors (Lipinski definition) is 4. The van der Waals surface area contributed by atoms with Gasteiger partial charge in [-0.25, -0.2) is 4.79 Å². The molecule has 1 spiro atoms. The van der Waals surface area contributed by atoms with Gasteiger partial charge < -0.3 is 14.4 Å². The Morgan fingerprint density at radius 2 is 1.83 bits per heavy atom. The van der Waals surface area contributed by atoms with E-state index in [4.69, 9.17) is 9.47 Å². The molecule has 1 atom stereocenters. The maximum Gasteiger partial charge on any atom is 0.339 e. The van der Waals surface area contributed by atoms with Crippen LogP contribution in [0.25, 0.3) is 10.8 Å². The van der Waals surface area contributed by atoms with Gasteiger partial charge >= 0.3 is 5.97 Å². The Hall–Kier alpha value is -3.34. The van der Waals surface area contributed by atoms with Gasteiger partial charge in [0.15, 0.2) is 12.2 Å². The van der Waals surface area contributed by atoms with Gasteiger partial charge in [-0.1, -0.05) is 48.5 Å². The minimum atomic E-state index is -0.732. The van der Waals surface area contributed by atoms with Crippen LogP contribution < -0.4 is 4.74 Å². The molecule has 2 aliphatic heterocycles. The molecule has 2 heterocycles. The summed E-state index contributed by atoms with van der Waals surface area (Å²) < 4.78 is 11.5. The van der Waals surface area contributed by atoms with Crippen LogP contribution >= 0.6 is 0 Å².